The molecule has 0 saturated heterocycles. The number of benzene rings is 2. The summed E-state index contributed by atoms with van der Waals surface area (Å²) in [5.74, 6) is -1.12. The van der Waals surface area contributed by atoms with Gasteiger partial charge >= 0.3 is 6.03 Å². The molecule has 150 valence electrons. The number of imide groups is 1. The number of urea groups is 1. The van der Waals surface area contributed by atoms with E-state index < -0.39 is 17.8 Å². The molecule has 0 radical (unpaired) electrons. The number of anilines is 1. The van der Waals surface area contributed by atoms with Gasteiger partial charge in [-0.25, -0.2) is 9.10 Å². The van der Waals surface area contributed by atoms with E-state index in [-0.39, 0.29) is 17.8 Å². The van der Waals surface area contributed by atoms with E-state index in [0.717, 1.165) is 14.3 Å². The van der Waals surface area contributed by atoms with Gasteiger partial charge < -0.3 is 5.73 Å². The van der Waals surface area contributed by atoms with Crippen LogP contribution in [0.25, 0.3) is 0 Å². The third-order valence-corrected chi connectivity index (χ3v) is 4.92. The van der Waals surface area contributed by atoms with Crippen LogP contribution < -0.4 is 15.4 Å². The number of carbonyl (C=O) groups excluding carboxylic acids is 3. The first-order valence-corrected chi connectivity index (χ1v) is 9.24. The van der Waals surface area contributed by atoms with Gasteiger partial charge in [0.15, 0.2) is 0 Å². The number of carbonyl (C=O) groups is 3. The van der Waals surface area contributed by atoms with Crippen molar-refractivity contribution >= 4 is 64.7 Å². The van der Waals surface area contributed by atoms with Crippen molar-refractivity contribution in [2.45, 2.75) is 26.2 Å². The van der Waals surface area contributed by atoms with Gasteiger partial charge in [-0.15, -0.1) is 12.4 Å². The summed E-state index contributed by atoms with van der Waals surface area (Å²) < 4.78 is 1.76. The molecular formula is C19H21BrClN3O3S. The fraction of sp³-hybridized carbons (Fsp3) is 0.211. The Kier molecular flexibility index (Phi) is 8.10. The number of nitrogens with two attached hydrogens (primary N) is 1. The molecule has 0 unspecified atom stereocenters. The number of nitrogens with one attached hydrogen (secondary N) is 1. The molecule has 0 aromatic heterocycles. The molecule has 0 aliphatic rings. The van der Waals surface area contributed by atoms with Gasteiger partial charge in [-0.05, 0) is 47.4 Å². The second-order valence-electron chi connectivity index (χ2n) is 6.93. The minimum Gasteiger partial charge on any atom is -0.366 e. The van der Waals surface area contributed by atoms with Gasteiger partial charge in [0.2, 0.25) is 5.91 Å². The molecule has 3 N–H and O–H groups in total. The highest BCUT2D eigenvalue weighted by atomic mass is 79.9. The molecule has 0 spiro atoms. The average Bonchev–Trinajstić information content (AvgIpc) is 2.59. The number of nitrogens with zero attached hydrogens (tertiary/aromatic N) is 1. The lowest BCUT2D eigenvalue weighted by Gasteiger charge is -2.21. The Labute approximate surface area is 183 Å². The van der Waals surface area contributed by atoms with E-state index in [4.69, 9.17) is 5.73 Å². The SMILES string of the molecule is CC(C)(C)c1ccc(C(=O)NC(=O)N(S)c2ccc(C(N)=O)cc2)cc1Br.Cl. The van der Waals surface area contributed by atoms with Gasteiger partial charge in [0.25, 0.3) is 5.91 Å². The van der Waals surface area contributed by atoms with Crippen LogP contribution in [0.4, 0.5) is 10.5 Å². The predicted molar refractivity (Wildman–Crippen MR) is 119 cm³/mol. The number of halogens is 2. The molecule has 6 nitrogen and oxygen atoms in total. The van der Waals surface area contributed by atoms with E-state index in [2.05, 4.69) is 54.8 Å². The number of thiol groups is 1. The Morgan fingerprint density at radius 3 is 2.04 bits per heavy atom. The number of amides is 4. The summed E-state index contributed by atoms with van der Waals surface area (Å²) in [6.45, 7) is 6.20. The standard InChI is InChI=1S/C19H20BrN3O3S.ClH/c1-19(2,3)14-9-6-12(10-15(14)20)17(25)22-18(26)23(27)13-7-4-11(5-8-13)16(21)24;/h4-10,27H,1-3H3,(H2,21,24)(H,22,25,26);1H. The molecule has 0 fully saturated rings. The van der Waals surface area contributed by atoms with Crippen LogP contribution in [-0.4, -0.2) is 17.8 Å². The Bertz CT molecular complexity index is 898. The summed E-state index contributed by atoms with van der Waals surface area (Å²) in [4.78, 5) is 35.7. The van der Waals surface area contributed by atoms with Crippen molar-refractivity contribution in [3.63, 3.8) is 0 Å². The molecule has 2 aromatic carbocycles. The lowest BCUT2D eigenvalue weighted by molar-refractivity contribution is 0.0964. The Balaban J connectivity index is 0.00000392. The third kappa shape index (κ3) is 5.73. The van der Waals surface area contributed by atoms with E-state index in [1.165, 1.54) is 24.3 Å². The van der Waals surface area contributed by atoms with E-state index in [1.807, 2.05) is 6.07 Å². The summed E-state index contributed by atoms with van der Waals surface area (Å²) in [6.07, 6.45) is 0. The zero-order valence-electron chi connectivity index (χ0n) is 15.5. The van der Waals surface area contributed by atoms with E-state index >= 15 is 0 Å². The summed E-state index contributed by atoms with van der Waals surface area (Å²) in [5.41, 5.74) is 7.19. The Hall–Kier alpha value is -2.03. The first-order chi connectivity index (χ1) is 12.5. The van der Waals surface area contributed by atoms with E-state index in [0.29, 0.717) is 16.8 Å². The number of hydrogen-bond acceptors (Lipinski definition) is 4. The normalized spacial score (nSPS) is 10.6. The van der Waals surface area contributed by atoms with Gasteiger partial charge in [0.1, 0.15) is 0 Å². The van der Waals surface area contributed by atoms with Gasteiger partial charge in [0.05, 0.1) is 5.69 Å². The van der Waals surface area contributed by atoms with E-state index in [9.17, 15) is 14.4 Å². The van der Waals surface area contributed by atoms with Crippen LogP contribution in [0, 0.1) is 0 Å². The van der Waals surface area contributed by atoms with Crippen molar-refractivity contribution in [3.05, 3.63) is 63.6 Å². The van der Waals surface area contributed by atoms with Crippen molar-refractivity contribution in [3.8, 4) is 0 Å². The quantitative estimate of drug-likeness (QED) is 0.559. The van der Waals surface area contributed by atoms with Crippen molar-refractivity contribution in [2.24, 2.45) is 5.73 Å². The Morgan fingerprint density at radius 1 is 1.04 bits per heavy atom. The fourth-order valence-corrected chi connectivity index (χ4v) is 3.53. The molecule has 0 saturated carbocycles. The zero-order valence-corrected chi connectivity index (χ0v) is 18.8. The van der Waals surface area contributed by atoms with Crippen molar-refractivity contribution in [1.29, 1.82) is 0 Å². The van der Waals surface area contributed by atoms with Gasteiger partial charge in [0, 0.05) is 15.6 Å². The van der Waals surface area contributed by atoms with E-state index in [1.54, 1.807) is 12.1 Å². The first-order valence-electron chi connectivity index (χ1n) is 8.05. The van der Waals surface area contributed by atoms with Crippen LogP contribution in [0.2, 0.25) is 0 Å². The highest BCUT2D eigenvalue weighted by Crippen LogP contribution is 2.30. The summed E-state index contributed by atoms with van der Waals surface area (Å²) in [5, 5.41) is 2.28. The highest BCUT2D eigenvalue weighted by molar-refractivity contribution is 9.10. The van der Waals surface area contributed by atoms with Crippen molar-refractivity contribution < 1.29 is 14.4 Å². The first kappa shape index (κ1) is 24.0. The lowest BCUT2D eigenvalue weighted by atomic mass is 9.86. The fourth-order valence-electron chi connectivity index (χ4n) is 2.37. The maximum Gasteiger partial charge on any atom is 0.338 e. The molecule has 28 heavy (non-hydrogen) atoms. The molecule has 0 aliphatic heterocycles. The van der Waals surface area contributed by atoms with Crippen LogP contribution in [-0.2, 0) is 5.41 Å². The largest absolute Gasteiger partial charge is 0.366 e. The van der Waals surface area contributed by atoms with Crippen LogP contribution in [0.3, 0.4) is 0 Å². The zero-order chi connectivity index (χ0) is 20.4. The Morgan fingerprint density at radius 2 is 1.57 bits per heavy atom. The number of primary amides is 1. The molecule has 0 bridgehead atoms. The summed E-state index contributed by atoms with van der Waals surface area (Å²) in [6, 6.07) is 10.4. The van der Waals surface area contributed by atoms with Crippen LogP contribution >= 0.6 is 41.2 Å². The second kappa shape index (κ2) is 9.45. The van der Waals surface area contributed by atoms with Crippen molar-refractivity contribution in [2.75, 3.05) is 4.31 Å². The predicted octanol–water partition coefficient (Wildman–Crippen LogP) is 4.47. The number of rotatable bonds is 3. The molecule has 0 heterocycles. The summed E-state index contributed by atoms with van der Waals surface area (Å²) >= 11 is 7.58. The number of hydrogen-bond donors (Lipinski definition) is 3. The minimum atomic E-state index is -0.717. The molecular weight excluding hydrogens is 466 g/mol. The molecule has 2 rings (SSSR count). The molecule has 2 aromatic rings. The molecule has 0 aliphatic carbocycles. The van der Waals surface area contributed by atoms with Crippen LogP contribution in [0.5, 0.6) is 0 Å². The van der Waals surface area contributed by atoms with Gasteiger partial charge in [-0.1, -0.05) is 55.6 Å². The molecule has 0 atom stereocenters. The second-order valence-corrected chi connectivity index (χ2v) is 8.18. The molecule has 9 heteroatoms. The highest BCUT2D eigenvalue weighted by Gasteiger charge is 2.20. The monoisotopic (exact) mass is 485 g/mol. The minimum absolute atomic E-state index is 0. The van der Waals surface area contributed by atoms with Gasteiger partial charge in [-0.2, -0.15) is 0 Å². The van der Waals surface area contributed by atoms with Crippen LogP contribution in [0.15, 0.2) is 46.9 Å². The van der Waals surface area contributed by atoms with Crippen molar-refractivity contribution in [1.82, 2.24) is 5.32 Å². The van der Waals surface area contributed by atoms with Gasteiger partial charge in [-0.3, -0.25) is 14.9 Å². The average molecular weight is 487 g/mol. The third-order valence-electron chi connectivity index (χ3n) is 3.85. The molecule has 4 amide bonds. The lowest BCUT2D eigenvalue weighted by Crippen LogP contribution is -2.38. The maximum absolute atomic E-state index is 12.4. The summed E-state index contributed by atoms with van der Waals surface area (Å²) in [7, 11) is 0. The van der Waals surface area contributed by atoms with Crippen LogP contribution in [0.1, 0.15) is 47.1 Å². The maximum atomic E-state index is 12.4. The smallest absolute Gasteiger partial charge is 0.338 e. The topological polar surface area (TPSA) is 92.5 Å².